The first-order valence-electron chi connectivity index (χ1n) is 7.65. The van der Waals surface area contributed by atoms with Gasteiger partial charge < -0.3 is 10.3 Å². The molecule has 4 rings (SSSR count). The molecule has 2 fully saturated rings. The van der Waals surface area contributed by atoms with Crippen LogP contribution in [0.2, 0.25) is 0 Å². The number of fused-ring (bicyclic) bond motifs is 3. The van der Waals surface area contributed by atoms with Gasteiger partial charge in [-0.05, 0) is 55.2 Å². The first-order valence-corrected chi connectivity index (χ1v) is 7.65. The molecule has 0 radical (unpaired) electrons. The van der Waals surface area contributed by atoms with Gasteiger partial charge in [-0.2, -0.15) is 0 Å². The Kier molecular flexibility index (Phi) is 2.79. The van der Waals surface area contributed by atoms with E-state index in [0.717, 1.165) is 34.8 Å². The Balaban J connectivity index is 1.46. The van der Waals surface area contributed by atoms with Gasteiger partial charge in [0.2, 0.25) is 0 Å². The molecule has 2 aliphatic carbocycles. The van der Waals surface area contributed by atoms with Crippen LogP contribution >= 0.6 is 0 Å². The molecule has 2 N–H and O–H groups in total. The van der Waals surface area contributed by atoms with Crippen LogP contribution in [0, 0.1) is 17.8 Å². The minimum Gasteiger partial charge on any atom is -0.361 e. The van der Waals surface area contributed by atoms with Crippen molar-refractivity contribution < 1.29 is 4.79 Å². The molecule has 1 heterocycles. The number of aromatic amines is 1. The maximum absolute atomic E-state index is 12.4. The van der Waals surface area contributed by atoms with Crippen LogP contribution in [0.3, 0.4) is 0 Å². The van der Waals surface area contributed by atoms with Crippen LogP contribution in [0.5, 0.6) is 0 Å². The van der Waals surface area contributed by atoms with Gasteiger partial charge in [0, 0.05) is 29.2 Å². The maximum Gasteiger partial charge on any atom is 0.251 e. The van der Waals surface area contributed by atoms with Crippen LogP contribution in [0.4, 0.5) is 0 Å². The number of rotatable bonds is 3. The van der Waals surface area contributed by atoms with Crippen molar-refractivity contribution in [2.45, 2.75) is 25.7 Å². The highest BCUT2D eigenvalue weighted by atomic mass is 16.1. The van der Waals surface area contributed by atoms with Crippen LogP contribution in [0.15, 0.2) is 30.5 Å². The number of benzene rings is 1. The summed E-state index contributed by atoms with van der Waals surface area (Å²) >= 11 is 0. The number of hydrogen-bond donors (Lipinski definition) is 2. The van der Waals surface area contributed by atoms with Gasteiger partial charge in [-0.3, -0.25) is 4.79 Å². The molecular weight excluding hydrogens is 248 g/mol. The Morgan fingerprint density at radius 2 is 2.20 bits per heavy atom. The summed E-state index contributed by atoms with van der Waals surface area (Å²) in [5.74, 6) is 2.58. The van der Waals surface area contributed by atoms with Crippen molar-refractivity contribution in [1.29, 1.82) is 0 Å². The third-order valence-electron chi connectivity index (χ3n) is 5.25. The molecule has 3 atom stereocenters. The topological polar surface area (TPSA) is 44.9 Å². The summed E-state index contributed by atoms with van der Waals surface area (Å²) in [4.78, 5) is 15.5. The smallest absolute Gasteiger partial charge is 0.251 e. The first-order chi connectivity index (χ1) is 9.81. The molecule has 1 amide bonds. The SMILES string of the molecule is O=C(NCC1CC2CCC1C2)c1cccc2[nH]ccc12. The highest BCUT2D eigenvalue weighted by Crippen LogP contribution is 2.47. The Labute approximate surface area is 118 Å². The zero-order chi connectivity index (χ0) is 13.5. The van der Waals surface area contributed by atoms with E-state index in [9.17, 15) is 4.79 Å². The van der Waals surface area contributed by atoms with Gasteiger partial charge in [-0.15, -0.1) is 0 Å². The lowest BCUT2D eigenvalue weighted by Crippen LogP contribution is -2.31. The summed E-state index contributed by atoms with van der Waals surface area (Å²) in [5, 5.41) is 4.17. The highest BCUT2D eigenvalue weighted by molar-refractivity contribution is 6.06. The van der Waals surface area contributed by atoms with E-state index in [-0.39, 0.29) is 5.91 Å². The molecule has 2 saturated carbocycles. The summed E-state index contributed by atoms with van der Waals surface area (Å²) in [7, 11) is 0. The number of carbonyl (C=O) groups is 1. The van der Waals surface area contributed by atoms with Gasteiger partial charge in [-0.25, -0.2) is 0 Å². The van der Waals surface area contributed by atoms with Crippen molar-refractivity contribution in [3.05, 3.63) is 36.0 Å². The predicted molar refractivity (Wildman–Crippen MR) is 79.6 cm³/mol. The molecule has 2 aliphatic rings. The third kappa shape index (κ3) is 1.92. The molecule has 20 heavy (non-hydrogen) atoms. The fourth-order valence-electron chi connectivity index (χ4n) is 4.23. The van der Waals surface area contributed by atoms with E-state index in [1.807, 2.05) is 30.5 Å². The molecule has 1 aromatic heterocycles. The lowest BCUT2D eigenvalue weighted by Gasteiger charge is -2.21. The van der Waals surface area contributed by atoms with Crippen LogP contribution in [0.1, 0.15) is 36.0 Å². The fourth-order valence-corrected chi connectivity index (χ4v) is 4.23. The van der Waals surface area contributed by atoms with Gasteiger partial charge in [0.1, 0.15) is 0 Å². The second-order valence-electron chi connectivity index (χ2n) is 6.39. The van der Waals surface area contributed by atoms with Crippen molar-refractivity contribution in [2.24, 2.45) is 17.8 Å². The Morgan fingerprint density at radius 1 is 1.25 bits per heavy atom. The zero-order valence-corrected chi connectivity index (χ0v) is 11.6. The molecule has 2 bridgehead atoms. The Hall–Kier alpha value is -1.77. The van der Waals surface area contributed by atoms with E-state index in [4.69, 9.17) is 0 Å². The monoisotopic (exact) mass is 268 g/mol. The molecule has 1 aromatic carbocycles. The number of H-pyrrole nitrogens is 1. The number of carbonyl (C=O) groups excluding carboxylic acids is 1. The lowest BCUT2D eigenvalue weighted by atomic mass is 9.89. The van der Waals surface area contributed by atoms with Gasteiger partial charge in [0.25, 0.3) is 5.91 Å². The largest absolute Gasteiger partial charge is 0.361 e. The molecular formula is C17H20N2O. The van der Waals surface area contributed by atoms with Crippen molar-refractivity contribution in [3.63, 3.8) is 0 Å². The van der Waals surface area contributed by atoms with Crippen molar-refractivity contribution in [2.75, 3.05) is 6.54 Å². The second-order valence-corrected chi connectivity index (χ2v) is 6.39. The van der Waals surface area contributed by atoms with Crippen LogP contribution in [-0.4, -0.2) is 17.4 Å². The second kappa shape index (κ2) is 4.65. The van der Waals surface area contributed by atoms with Gasteiger partial charge in [0.05, 0.1) is 0 Å². The van der Waals surface area contributed by atoms with E-state index in [1.54, 1.807) is 0 Å². The number of aromatic nitrogens is 1. The fraction of sp³-hybridized carbons (Fsp3) is 0.471. The maximum atomic E-state index is 12.4. The van der Waals surface area contributed by atoms with E-state index in [1.165, 1.54) is 25.7 Å². The highest BCUT2D eigenvalue weighted by Gasteiger charge is 2.39. The normalized spacial score (nSPS) is 28.1. The summed E-state index contributed by atoms with van der Waals surface area (Å²) in [6.07, 6.45) is 7.39. The quantitative estimate of drug-likeness (QED) is 0.881. The molecule has 104 valence electrons. The van der Waals surface area contributed by atoms with Crippen LogP contribution in [0.25, 0.3) is 10.9 Å². The average Bonchev–Trinajstić information content (AvgIpc) is 3.19. The summed E-state index contributed by atoms with van der Waals surface area (Å²) in [6, 6.07) is 7.82. The zero-order valence-electron chi connectivity index (χ0n) is 11.6. The lowest BCUT2D eigenvalue weighted by molar-refractivity contribution is 0.0943. The Morgan fingerprint density at radius 3 is 3.00 bits per heavy atom. The van der Waals surface area contributed by atoms with E-state index >= 15 is 0 Å². The van der Waals surface area contributed by atoms with Gasteiger partial charge in [-0.1, -0.05) is 12.5 Å². The molecule has 2 aromatic rings. The summed E-state index contributed by atoms with van der Waals surface area (Å²) < 4.78 is 0. The molecule has 3 heteroatoms. The summed E-state index contributed by atoms with van der Waals surface area (Å²) in [6.45, 7) is 0.848. The van der Waals surface area contributed by atoms with Crippen molar-refractivity contribution in [3.8, 4) is 0 Å². The van der Waals surface area contributed by atoms with E-state index in [2.05, 4.69) is 10.3 Å². The molecule has 3 nitrogen and oxygen atoms in total. The first kappa shape index (κ1) is 12.0. The third-order valence-corrected chi connectivity index (χ3v) is 5.25. The van der Waals surface area contributed by atoms with Gasteiger partial charge >= 0.3 is 0 Å². The predicted octanol–water partition coefficient (Wildman–Crippen LogP) is 3.33. The summed E-state index contributed by atoms with van der Waals surface area (Å²) in [5.41, 5.74) is 1.81. The number of amides is 1. The number of nitrogens with one attached hydrogen (secondary N) is 2. The number of hydrogen-bond acceptors (Lipinski definition) is 1. The molecule has 0 spiro atoms. The molecule has 0 saturated heterocycles. The molecule has 3 unspecified atom stereocenters. The average molecular weight is 268 g/mol. The molecule has 0 aliphatic heterocycles. The van der Waals surface area contributed by atoms with Crippen molar-refractivity contribution >= 4 is 16.8 Å². The van der Waals surface area contributed by atoms with Crippen molar-refractivity contribution in [1.82, 2.24) is 10.3 Å². The Bertz CT molecular complexity index is 645. The minimum atomic E-state index is 0.0676. The van der Waals surface area contributed by atoms with Crippen LogP contribution in [-0.2, 0) is 0 Å². The van der Waals surface area contributed by atoms with E-state index in [0.29, 0.717) is 5.92 Å². The standard InChI is InChI=1S/C17H20N2O/c20-17(15-2-1-3-16-14(15)6-7-18-16)19-10-13-9-11-4-5-12(13)8-11/h1-3,6-7,11-13,18H,4-5,8-10H2,(H,19,20). The minimum absolute atomic E-state index is 0.0676. The van der Waals surface area contributed by atoms with Crippen LogP contribution < -0.4 is 5.32 Å². The van der Waals surface area contributed by atoms with Gasteiger partial charge in [0.15, 0.2) is 0 Å². The van der Waals surface area contributed by atoms with E-state index < -0.39 is 0 Å².